The molecule has 0 saturated carbocycles. The highest BCUT2D eigenvalue weighted by Gasteiger charge is 2.15. The molecule has 3 N–H and O–H groups in total. The van der Waals surface area contributed by atoms with Gasteiger partial charge in [0.25, 0.3) is 5.56 Å². The monoisotopic (exact) mass is 261 g/mol. The summed E-state index contributed by atoms with van der Waals surface area (Å²) in [6.07, 6.45) is 0. The van der Waals surface area contributed by atoms with E-state index in [9.17, 15) is 13.2 Å². The third-order valence-corrected chi connectivity index (χ3v) is 4.35. The van der Waals surface area contributed by atoms with E-state index in [0.717, 1.165) is 0 Å². The molecule has 0 bridgehead atoms. The van der Waals surface area contributed by atoms with Crippen molar-refractivity contribution in [3.8, 4) is 0 Å². The van der Waals surface area contributed by atoms with Crippen LogP contribution in [0.25, 0.3) is 0 Å². The van der Waals surface area contributed by atoms with Gasteiger partial charge in [0.15, 0.2) is 9.84 Å². The molecule has 0 atom stereocenters. The normalized spacial score (nSPS) is 12.2. The number of H-pyrrole nitrogens is 1. The minimum Gasteiger partial charge on any atom is -0.393 e. The molecule has 17 heavy (non-hydrogen) atoms. The molecular weight excluding hydrogens is 242 g/mol. The Balaban J connectivity index is 2.94. The molecule has 0 aliphatic carbocycles. The molecule has 0 fully saturated rings. The number of nitrogen functional groups attached to an aromatic ring is 1. The summed E-state index contributed by atoms with van der Waals surface area (Å²) in [5.41, 5.74) is 6.15. The van der Waals surface area contributed by atoms with Crippen molar-refractivity contribution in [1.29, 1.82) is 0 Å². The SMILES string of the molecule is CCS(=O)(=O)CCn1[nH]c(C(C)C)c(N)c1=O. The molecule has 98 valence electrons. The molecule has 6 nitrogen and oxygen atoms in total. The Labute approximate surface area is 101 Å². The van der Waals surface area contributed by atoms with Gasteiger partial charge in [-0.15, -0.1) is 0 Å². The molecule has 0 unspecified atom stereocenters. The van der Waals surface area contributed by atoms with Crippen LogP contribution in [0.1, 0.15) is 32.4 Å². The van der Waals surface area contributed by atoms with Crippen molar-refractivity contribution in [1.82, 2.24) is 9.78 Å². The Morgan fingerprint density at radius 2 is 2.00 bits per heavy atom. The van der Waals surface area contributed by atoms with Crippen LogP contribution in [0.4, 0.5) is 5.69 Å². The molecule has 0 spiro atoms. The summed E-state index contributed by atoms with van der Waals surface area (Å²) in [4.78, 5) is 11.7. The Bertz CT molecular complexity index is 540. The lowest BCUT2D eigenvalue weighted by molar-refractivity contribution is 0.574. The number of hydrogen-bond acceptors (Lipinski definition) is 4. The first kappa shape index (κ1) is 13.8. The second-order valence-electron chi connectivity index (χ2n) is 4.29. The predicted octanol–water partition coefficient (Wildman–Crippen LogP) is 0.317. The fourth-order valence-corrected chi connectivity index (χ4v) is 2.24. The van der Waals surface area contributed by atoms with E-state index in [2.05, 4.69) is 5.10 Å². The minimum absolute atomic E-state index is 0.0547. The molecular formula is C10H19N3O3S. The van der Waals surface area contributed by atoms with Gasteiger partial charge in [-0.25, -0.2) is 8.42 Å². The van der Waals surface area contributed by atoms with Crippen LogP contribution in [0.5, 0.6) is 0 Å². The van der Waals surface area contributed by atoms with Gasteiger partial charge in [0.1, 0.15) is 5.69 Å². The summed E-state index contributed by atoms with van der Waals surface area (Å²) >= 11 is 0. The van der Waals surface area contributed by atoms with Crippen molar-refractivity contribution in [2.75, 3.05) is 17.2 Å². The number of nitrogens with one attached hydrogen (secondary N) is 1. The lowest BCUT2D eigenvalue weighted by atomic mass is 10.1. The van der Waals surface area contributed by atoms with Crippen molar-refractivity contribution < 1.29 is 8.42 Å². The van der Waals surface area contributed by atoms with Crippen molar-refractivity contribution >= 4 is 15.5 Å². The molecule has 1 aromatic rings. The van der Waals surface area contributed by atoms with Crippen LogP contribution < -0.4 is 11.3 Å². The molecule has 0 aliphatic rings. The predicted molar refractivity (Wildman–Crippen MR) is 67.9 cm³/mol. The summed E-state index contributed by atoms with van der Waals surface area (Å²) in [7, 11) is -3.08. The Kier molecular flexibility index (Phi) is 4.03. The van der Waals surface area contributed by atoms with Crippen molar-refractivity contribution in [2.45, 2.75) is 33.2 Å². The Hall–Kier alpha value is -1.24. The second kappa shape index (κ2) is 4.95. The van der Waals surface area contributed by atoms with E-state index in [1.54, 1.807) is 6.92 Å². The molecule has 1 rings (SSSR count). The molecule has 0 aromatic carbocycles. The van der Waals surface area contributed by atoms with Crippen LogP contribution in [-0.4, -0.2) is 29.7 Å². The lowest BCUT2D eigenvalue weighted by Gasteiger charge is -2.03. The van der Waals surface area contributed by atoms with E-state index < -0.39 is 9.84 Å². The van der Waals surface area contributed by atoms with E-state index in [1.807, 2.05) is 13.8 Å². The van der Waals surface area contributed by atoms with Crippen molar-refractivity contribution in [3.05, 3.63) is 16.0 Å². The highest BCUT2D eigenvalue weighted by Crippen LogP contribution is 2.15. The quantitative estimate of drug-likeness (QED) is 0.797. The first-order chi connectivity index (χ1) is 7.78. The number of aryl methyl sites for hydroxylation is 1. The number of aromatic amines is 1. The van der Waals surface area contributed by atoms with E-state index >= 15 is 0 Å². The van der Waals surface area contributed by atoms with Crippen molar-refractivity contribution in [2.24, 2.45) is 0 Å². The van der Waals surface area contributed by atoms with Gasteiger partial charge < -0.3 is 5.73 Å². The fourth-order valence-electron chi connectivity index (χ4n) is 1.49. The summed E-state index contributed by atoms with van der Waals surface area (Å²) < 4.78 is 24.0. The van der Waals surface area contributed by atoms with Crippen LogP contribution in [0, 0.1) is 0 Å². The highest BCUT2D eigenvalue weighted by molar-refractivity contribution is 7.91. The van der Waals surface area contributed by atoms with Gasteiger partial charge in [0, 0.05) is 5.75 Å². The van der Waals surface area contributed by atoms with E-state index in [4.69, 9.17) is 5.73 Å². The van der Waals surface area contributed by atoms with Crippen LogP contribution in [-0.2, 0) is 16.4 Å². The summed E-state index contributed by atoms with van der Waals surface area (Å²) in [5, 5.41) is 2.86. The molecule has 1 aromatic heterocycles. The van der Waals surface area contributed by atoms with Crippen LogP contribution in [0.15, 0.2) is 4.79 Å². The number of aromatic nitrogens is 2. The Morgan fingerprint density at radius 1 is 1.41 bits per heavy atom. The number of hydrogen-bond donors (Lipinski definition) is 2. The lowest BCUT2D eigenvalue weighted by Crippen LogP contribution is -2.23. The summed E-state index contributed by atoms with van der Waals surface area (Å²) in [6, 6.07) is 0. The van der Waals surface area contributed by atoms with E-state index in [-0.39, 0.29) is 35.2 Å². The zero-order valence-corrected chi connectivity index (χ0v) is 11.2. The van der Waals surface area contributed by atoms with Crippen LogP contribution in [0.3, 0.4) is 0 Å². The van der Waals surface area contributed by atoms with Gasteiger partial charge in [-0.3, -0.25) is 14.6 Å². The average molecular weight is 261 g/mol. The molecule has 0 amide bonds. The third-order valence-electron chi connectivity index (χ3n) is 2.66. The number of sulfone groups is 1. The zero-order valence-electron chi connectivity index (χ0n) is 10.4. The second-order valence-corrected chi connectivity index (χ2v) is 6.76. The van der Waals surface area contributed by atoms with Gasteiger partial charge in [0.2, 0.25) is 0 Å². The highest BCUT2D eigenvalue weighted by atomic mass is 32.2. The molecule has 7 heteroatoms. The standard InChI is InChI=1S/C10H19N3O3S/c1-4-17(15,16)6-5-13-10(14)8(11)9(12-13)7(2)3/h7,12H,4-6,11H2,1-3H3. The first-order valence-corrected chi connectivity index (χ1v) is 7.39. The van der Waals surface area contributed by atoms with Gasteiger partial charge in [-0.05, 0) is 5.92 Å². The van der Waals surface area contributed by atoms with Gasteiger partial charge >= 0.3 is 0 Å². The smallest absolute Gasteiger partial charge is 0.289 e. The third kappa shape index (κ3) is 3.12. The van der Waals surface area contributed by atoms with E-state index in [1.165, 1.54) is 4.68 Å². The summed E-state index contributed by atoms with van der Waals surface area (Å²) in [5.74, 6) is 0.127. The first-order valence-electron chi connectivity index (χ1n) is 5.57. The summed E-state index contributed by atoms with van der Waals surface area (Å²) in [6.45, 7) is 5.52. The maximum atomic E-state index is 11.7. The van der Waals surface area contributed by atoms with Gasteiger partial charge in [-0.2, -0.15) is 0 Å². The van der Waals surface area contributed by atoms with Crippen LogP contribution >= 0.6 is 0 Å². The molecule has 1 heterocycles. The maximum Gasteiger partial charge on any atom is 0.289 e. The van der Waals surface area contributed by atoms with Crippen molar-refractivity contribution in [3.63, 3.8) is 0 Å². The Morgan fingerprint density at radius 3 is 2.41 bits per heavy atom. The molecule has 0 saturated heterocycles. The van der Waals surface area contributed by atoms with Gasteiger partial charge in [0.05, 0.1) is 18.0 Å². The number of rotatable bonds is 5. The van der Waals surface area contributed by atoms with E-state index in [0.29, 0.717) is 5.69 Å². The van der Waals surface area contributed by atoms with Crippen LogP contribution in [0.2, 0.25) is 0 Å². The minimum atomic E-state index is -3.08. The zero-order chi connectivity index (χ0) is 13.2. The number of nitrogens with two attached hydrogens (primary N) is 1. The molecule has 0 radical (unpaired) electrons. The fraction of sp³-hybridized carbons (Fsp3) is 0.700. The largest absolute Gasteiger partial charge is 0.393 e. The van der Waals surface area contributed by atoms with Gasteiger partial charge in [-0.1, -0.05) is 20.8 Å². The number of anilines is 1. The number of nitrogens with zero attached hydrogens (tertiary/aromatic N) is 1. The maximum absolute atomic E-state index is 11.7. The average Bonchev–Trinajstić information content (AvgIpc) is 2.54. The topological polar surface area (TPSA) is 97.9 Å². The molecule has 0 aliphatic heterocycles.